The first-order valence-electron chi connectivity index (χ1n) is 9.15. The van der Waals surface area contributed by atoms with Crippen molar-refractivity contribution in [2.24, 2.45) is 0 Å². The number of rotatable bonds is 4. The van der Waals surface area contributed by atoms with Gasteiger partial charge in [0.2, 0.25) is 0 Å². The molecule has 0 unspecified atom stereocenters. The predicted octanol–water partition coefficient (Wildman–Crippen LogP) is 2.88. The first-order valence-corrected chi connectivity index (χ1v) is 9.15. The highest BCUT2D eigenvalue weighted by molar-refractivity contribution is 5.93. The second kappa shape index (κ2) is 7.72. The Kier molecular flexibility index (Phi) is 5.40. The van der Waals surface area contributed by atoms with Gasteiger partial charge in [0.15, 0.2) is 0 Å². The molecule has 0 bridgehead atoms. The molecule has 138 valence electrons. The lowest BCUT2D eigenvalue weighted by molar-refractivity contribution is 0.0740. The van der Waals surface area contributed by atoms with Gasteiger partial charge in [-0.05, 0) is 45.4 Å². The third-order valence-corrected chi connectivity index (χ3v) is 4.43. The summed E-state index contributed by atoms with van der Waals surface area (Å²) in [6.45, 7) is 11.1. The molecule has 1 aliphatic heterocycles. The van der Waals surface area contributed by atoms with Crippen molar-refractivity contribution in [3.63, 3.8) is 0 Å². The Bertz CT molecular complexity index is 782. The third-order valence-electron chi connectivity index (χ3n) is 4.43. The van der Waals surface area contributed by atoms with E-state index in [0.717, 1.165) is 13.1 Å². The Morgan fingerprint density at radius 2 is 1.81 bits per heavy atom. The van der Waals surface area contributed by atoms with Gasteiger partial charge in [-0.15, -0.1) is 0 Å². The molecule has 26 heavy (non-hydrogen) atoms. The highest BCUT2D eigenvalue weighted by Gasteiger charge is 2.24. The summed E-state index contributed by atoms with van der Waals surface area (Å²) in [5, 5.41) is 3.25. The molecular weight excluding hydrogens is 326 g/mol. The molecule has 1 aromatic heterocycles. The molecule has 0 saturated carbocycles. The van der Waals surface area contributed by atoms with Gasteiger partial charge >= 0.3 is 0 Å². The summed E-state index contributed by atoms with van der Waals surface area (Å²) in [6, 6.07) is 10.5. The number of benzene rings is 1. The molecule has 0 radical (unpaired) electrons. The van der Waals surface area contributed by atoms with E-state index in [0.29, 0.717) is 30.4 Å². The van der Waals surface area contributed by atoms with Crippen LogP contribution in [0.15, 0.2) is 30.3 Å². The Morgan fingerprint density at radius 3 is 2.46 bits per heavy atom. The van der Waals surface area contributed by atoms with E-state index in [1.54, 1.807) is 6.07 Å². The minimum absolute atomic E-state index is 0.0220. The summed E-state index contributed by atoms with van der Waals surface area (Å²) in [5.74, 6) is 1.29. The zero-order chi connectivity index (χ0) is 18.7. The van der Waals surface area contributed by atoms with Crippen LogP contribution in [0.25, 0.3) is 0 Å². The molecular formula is C20H27N5O. The van der Waals surface area contributed by atoms with Gasteiger partial charge in [0.1, 0.15) is 17.3 Å². The van der Waals surface area contributed by atoms with E-state index in [-0.39, 0.29) is 11.9 Å². The van der Waals surface area contributed by atoms with E-state index in [1.807, 2.05) is 25.7 Å². The van der Waals surface area contributed by atoms with Gasteiger partial charge in [-0.1, -0.05) is 12.1 Å². The maximum atomic E-state index is 12.9. The van der Waals surface area contributed by atoms with Crippen molar-refractivity contribution in [2.75, 3.05) is 36.4 Å². The summed E-state index contributed by atoms with van der Waals surface area (Å²) < 4.78 is 0. The molecule has 2 heterocycles. The van der Waals surface area contributed by atoms with Crippen molar-refractivity contribution in [1.29, 1.82) is 0 Å². The summed E-state index contributed by atoms with van der Waals surface area (Å²) >= 11 is 0. The van der Waals surface area contributed by atoms with Crippen LogP contribution < -0.4 is 10.2 Å². The van der Waals surface area contributed by atoms with E-state index in [9.17, 15) is 4.79 Å². The highest BCUT2D eigenvalue weighted by atomic mass is 16.2. The zero-order valence-electron chi connectivity index (χ0n) is 16.0. The third kappa shape index (κ3) is 4.31. The van der Waals surface area contributed by atoms with Crippen LogP contribution in [0.5, 0.6) is 0 Å². The monoisotopic (exact) mass is 353 g/mol. The molecule has 6 heteroatoms. The molecule has 1 amide bonds. The number of hydrogen-bond donors (Lipinski definition) is 1. The number of piperazine rings is 1. The number of amides is 1. The zero-order valence-corrected chi connectivity index (χ0v) is 16.0. The Morgan fingerprint density at radius 1 is 1.08 bits per heavy atom. The van der Waals surface area contributed by atoms with Crippen LogP contribution in [-0.2, 0) is 0 Å². The molecule has 1 aliphatic rings. The number of aromatic nitrogens is 2. The quantitative estimate of drug-likeness (QED) is 0.916. The number of nitrogens with one attached hydrogen (secondary N) is 1. The van der Waals surface area contributed by atoms with Crippen LogP contribution in [0.3, 0.4) is 0 Å². The van der Waals surface area contributed by atoms with E-state index in [1.165, 1.54) is 11.3 Å². The van der Waals surface area contributed by atoms with Gasteiger partial charge in [-0.3, -0.25) is 4.79 Å². The van der Waals surface area contributed by atoms with E-state index in [4.69, 9.17) is 0 Å². The average Bonchev–Trinajstić information content (AvgIpc) is 2.60. The largest absolute Gasteiger partial charge is 0.368 e. The molecule has 0 aliphatic carbocycles. The molecule has 0 spiro atoms. The predicted molar refractivity (Wildman–Crippen MR) is 105 cm³/mol. The van der Waals surface area contributed by atoms with Gasteiger partial charge in [-0.2, -0.15) is 0 Å². The molecule has 3 rings (SSSR count). The van der Waals surface area contributed by atoms with Crippen molar-refractivity contribution in [3.8, 4) is 0 Å². The van der Waals surface area contributed by atoms with E-state index < -0.39 is 0 Å². The molecule has 1 saturated heterocycles. The number of carbonyl (C=O) groups excluding carboxylic acids is 1. The fourth-order valence-corrected chi connectivity index (χ4v) is 3.20. The van der Waals surface area contributed by atoms with Crippen LogP contribution in [0, 0.1) is 13.8 Å². The summed E-state index contributed by atoms with van der Waals surface area (Å²) in [6.07, 6.45) is 0. The second-order valence-corrected chi connectivity index (χ2v) is 7.10. The number of hydrogen-bond acceptors (Lipinski definition) is 5. The lowest BCUT2D eigenvalue weighted by atomic mass is 10.2. The SMILES string of the molecule is Cc1cccc(N2CCN(C(=O)c3cc(NC(C)C)nc(C)n3)CC2)c1. The van der Waals surface area contributed by atoms with Crippen LogP contribution in [0.2, 0.25) is 0 Å². The van der Waals surface area contributed by atoms with Crippen molar-refractivity contribution in [2.45, 2.75) is 33.7 Å². The Hall–Kier alpha value is -2.63. The minimum Gasteiger partial charge on any atom is -0.368 e. The Labute approximate surface area is 155 Å². The molecule has 6 nitrogen and oxygen atoms in total. The molecule has 1 N–H and O–H groups in total. The smallest absolute Gasteiger partial charge is 0.272 e. The molecule has 1 aromatic carbocycles. The van der Waals surface area contributed by atoms with Crippen LogP contribution >= 0.6 is 0 Å². The number of nitrogens with zero attached hydrogens (tertiary/aromatic N) is 4. The topological polar surface area (TPSA) is 61.4 Å². The summed E-state index contributed by atoms with van der Waals surface area (Å²) in [4.78, 5) is 25.8. The second-order valence-electron chi connectivity index (χ2n) is 7.10. The summed E-state index contributed by atoms with van der Waals surface area (Å²) in [5.41, 5.74) is 2.94. The lowest BCUT2D eigenvalue weighted by Crippen LogP contribution is -2.49. The number of anilines is 2. The first kappa shape index (κ1) is 18.2. The molecule has 0 atom stereocenters. The van der Waals surface area contributed by atoms with Gasteiger partial charge in [0.25, 0.3) is 5.91 Å². The Balaban J connectivity index is 1.68. The first-order chi connectivity index (χ1) is 12.4. The van der Waals surface area contributed by atoms with Crippen LogP contribution in [-0.4, -0.2) is 53.0 Å². The van der Waals surface area contributed by atoms with Crippen molar-refractivity contribution >= 4 is 17.4 Å². The van der Waals surface area contributed by atoms with Crippen molar-refractivity contribution in [1.82, 2.24) is 14.9 Å². The van der Waals surface area contributed by atoms with E-state index in [2.05, 4.69) is 51.4 Å². The van der Waals surface area contributed by atoms with Gasteiger partial charge < -0.3 is 15.1 Å². The maximum absolute atomic E-state index is 12.9. The minimum atomic E-state index is -0.0220. The molecule has 2 aromatic rings. The van der Waals surface area contributed by atoms with Crippen LogP contribution in [0.4, 0.5) is 11.5 Å². The molecule has 1 fully saturated rings. The number of aryl methyl sites for hydroxylation is 2. The normalized spacial score (nSPS) is 14.7. The average molecular weight is 353 g/mol. The standard InChI is InChI=1S/C20H27N5O/c1-14(2)21-19-13-18(22-16(4)23-19)20(26)25-10-8-24(9-11-25)17-7-5-6-15(3)12-17/h5-7,12-14H,8-11H2,1-4H3,(H,21,22,23). The number of carbonyl (C=O) groups is 1. The van der Waals surface area contributed by atoms with Crippen molar-refractivity contribution < 1.29 is 4.79 Å². The lowest BCUT2D eigenvalue weighted by Gasteiger charge is -2.36. The van der Waals surface area contributed by atoms with Gasteiger partial charge in [-0.25, -0.2) is 9.97 Å². The van der Waals surface area contributed by atoms with Crippen molar-refractivity contribution in [3.05, 3.63) is 47.4 Å². The van der Waals surface area contributed by atoms with Gasteiger partial charge in [0.05, 0.1) is 0 Å². The van der Waals surface area contributed by atoms with Crippen LogP contribution in [0.1, 0.15) is 35.7 Å². The fourth-order valence-electron chi connectivity index (χ4n) is 3.20. The summed E-state index contributed by atoms with van der Waals surface area (Å²) in [7, 11) is 0. The van der Waals surface area contributed by atoms with E-state index >= 15 is 0 Å². The fraction of sp³-hybridized carbons (Fsp3) is 0.450. The maximum Gasteiger partial charge on any atom is 0.272 e. The highest BCUT2D eigenvalue weighted by Crippen LogP contribution is 2.19. The van der Waals surface area contributed by atoms with Gasteiger partial charge in [0, 0.05) is 44.0 Å².